The predicted molar refractivity (Wildman–Crippen MR) is 121 cm³/mol. The third-order valence-electron chi connectivity index (χ3n) is 5.41. The minimum absolute atomic E-state index is 0. The first-order valence-corrected chi connectivity index (χ1v) is 9.41. The molecule has 0 unspecified atom stereocenters. The first kappa shape index (κ1) is 20.7. The summed E-state index contributed by atoms with van der Waals surface area (Å²) >= 11 is 0. The third kappa shape index (κ3) is 3.91. The fraction of sp³-hybridized carbons (Fsp3) is 0.217. The van der Waals surface area contributed by atoms with Gasteiger partial charge in [0.25, 0.3) is 0 Å². The normalized spacial score (nSPS) is 10.8. The van der Waals surface area contributed by atoms with Gasteiger partial charge in [-0.25, -0.2) is 4.98 Å². The lowest BCUT2D eigenvalue weighted by Gasteiger charge is -2.14. The molecule has 0 radical (unpaired) electrons. The van der Waals surface area contributed by atoms with Gasteiger partial charge in [-0.05, 0) is 62.1 Å². The largest absolute Gasteiger partial charge is 0.378 e. The Morgan fingerprint density at radius 1 is 1.03 bits per heavy atom. The lowest BCUT2D eigenvalue weighted by atomic mass is 10.0. The van der Waals surface area contributed by atoms with Gasteiger partial charge in [-0.3, -0.25) is 4.79 Å². The summed E-state index contributed by atoms with van der Waals surface area (Å²) in [6.07, 6.45) is 3.82. The van der Waals surface area contributed by atoms with Crippen LogP contribution in [0.2, 0.25) is 0 Å². The molecule has 0 aliphatic carbocycles. The SMILES string of the molecule is Cc1cccc(C)c1CNc1cc(-c2ccc(=O)[nH]c2)cn2c(C)c(C)nc12.Cl. The number of anilines is 1. The number of nitrogens with one attached hydrogen (secondary N) is 2. The molecule has 0 bridgehead atoms. The van der Waals surface area contributed by atoms with Gasteiger partial charge in [0.15, 0.2) is 5.65 Å². The quantitative estimate of drug-likeness (QED) is 0.501. The Morgan fingerprint density at radius 3 is 2.41 bits per heavy atom. The number of hydrogen-bond donors (Lipinski definition) is 2. The van der Waals surface area contributed by atoms with Crippen LogP contribution < -0.4 is 10.9 Å². The molecular weight excluding hydrogens is 384 g/mol. The first-order chi connectivity index (χ1) is 13.4. The number of halogens is 1. The van der Waals surface area contributed by atoms with Crippen molar-refractivity contribution in [3.05, 3.63) is 87.2 Å². The maximum atomic E-state index is 11.4. The number of H-pyrrole nitrogens is 1. The van der Waals surface area contributed by atoms with E-state index in [-0.39, 0.29) is 18.0 Å². The van der Waals surface area contributed by atoms with E-state index in [1.165, 1.54) is 16.7 Å². The lowest BCUT2D eigenvalue weighted by molar-refractivity contribution is 1.07. The summed E-state index contributed by atoms with van der Waals surface area (Å²) in [6, 6.07) is 11.9. The molecule has 150 valence electrons. The van der Waals surface area contributed by atoms with Crippen LogP contribution in [0, 0.1) is 27.7 Å². The fourth-order valence-electron chi connectivity index (χ4n) is 3.56. The van der Waals surface area contributed by atoms with E-state index in [0.717, 1.165) is 40.4 Å². The van der Waals surface area contributed by atoms with Crippen LogP contribution in [0.1, 0.15) is 28.1 Å². The summed E-state index contributed by atoms with van der Waals surface area (Å²) in [6.45, 7) is 9.10. The van der Waals surface area contributed by atoms with Gasteiger partial charge < -0.3 is 14.7 Å². The average molecular weight is 409 g/mol. The number of aromatic amines is 1. The van der Waals surface area contributed by atoms with Crippen molar-refractivity contribution in [2.75, 3.05) is 5.32 Å². The number of benzene rings is 1. The third-order valence-corrected chi connectivity index (χ3v) is 5.41. The van der Waals surface area contributed by atoms with Crippen LogP contribution in [0.4, 0.5) is 5.69 Å². The molecule has 0 saturated carbocycles. The smallest absolute Gasteiger partial charge is 0.247 e. The maximum Gasteiger partial charge on any atom is 0.247 e. The summed E-state index contributed by atoms with van der Waals surface area (Å²) < 4.78 is 2.11. The number of hydrogen-bond acceptors (Lipinski definition) is 3. The van der Waals surface area contributed by atoms with Crippen molar-refractivity contribution in [2.24, 2.45) is 0 Å². The molecule has 29 heavy (non-hydrogen) atoms. The highest BCUT2D eigenvalue weighted by Crippen LogP contribution is 2.28. The van der Waals surface area contributed by atoms with Gasteiger partial charge in [0, 0.05) is 36.3 Å². The summed E-state index contributed by atoms with van der Waals surface area (Å²) in [5, 5.41) is 3.59. The highest BCUT2D eigenvalue weighted by Gasteiger charge is 2.13. The molecule has 0 spiro atoms. The average Bonchev–Trinajstić information content (AvgIpc) is 2.96. The van der Waals surface area contributed by atoms with E-state index in [1.54, 1.807) is 12.3 Å². The molecule has 4 aromatic rings. The number of fused-ring (bicyclic) bond motifs is 1. The van der Waals surface area contributed by atoms with Crippen LogP contribution in [-0.2, 0) is 6.54 Å². The van der Waals surface area contributed by atoms with E-state index < -0.39 is 0 Å². The second-order valence-electron chi connectivity index (χ2n) is 7.28. The monoisotopic (exact) mass is 408 g/mol. The van der Waals surface area contributed by atoms with Crippen molar-refractivity contribution < 1.29 is 0 Å². The van der Waals surface area contributed by atoms with Crippen molar-refractivity contribution >= 4 is 23.7 Å². The highest BCUT2D eigenvalue weighted by molar-refractivity contribution is 5.85. The number of pyridine rings is 2. The molecule has 0 aliphatic heterocycles. The molecule has 3 aromatic heterocycles. The van der Waals surface area contributed by atoms with Crippen LogP contribution in [0.3, 0.4) is 0 Å². The van der Waals surface area contributed by atoms with Gasteiger partial charge in [-0.15, -0.1) is 12.4 Å². The first-order valence-electron chi connectivity index (χ1n) is 9.41. The van der Waals surface area contributed by atoms with Gasteiger partial charge in [0.05, 0.1) is 11.4 Å². The lowest BCUT2D eigenvalue weighted by Crippen LogP contribution is -2.06. The van der Waals surface area contributed by atoms with Crippen LogP contribution in [0.25, 0.3) is 16.8 Å². The molecule has 2 N–H and O–H groups in total. The molecule has 0 saturated heterocycles. The number of imidazole rings is 1. The Morgan fingerprint density at radius 2 is 1.76 bits per heavy atom. The Balaban J connectivity index is 0.00000240. The standard InChI is InChI=1S/C23H24N4O.ClH/c1-14-6-5-7-15(2)20(14)12-24-21-10-19(18-8-9-22(28)25-11-18)13-27-17(4)16(3)26-23(21)27;/h5-11,13,24H,12H2,1-4H3,(H,25,28);1H. The van der Waals surface area contributed by atoms with Gasteiger partial charge in [-0.1, -0.05) is 18.2 Å². The summed E-state index contributed by atoms with van der Waals surface area (Å²) in [4.78, 5) is 18.9. The zero-order chi connectivity index (χ0) is 19.8. The Labute approximate surface area is 176 Å². The van der Waals surface area contributed by atoms with Gasteiger partial charge >= 0.3 is 0 Å². The van der Waals surface area contributed by atoms with E-state index >= 15 is 0 Å². The fourth-order valence-corrected chi connectivity index (χ4v) is 3.56. The topological polar surface area (TPSA) is 62.2 Å². The molecule has 6 heteroatoms. The van der Waals surface area contributed by atoms with E-state index in [1.807, 2.05) is 13.0 Å². The van der Waals surface area contributed by atoms with E-state index in [2.05, 4.69) is 65.9 Å². The van der Waals surface area contributed by atoms with Gasteiger partial charge in [-0.2, -0.15) is 0 Å². The molecule has 0 atom stereocenters. The number of aromatic nitrogens is 3. The van der Waals surface area contributed by atoms with Crippen molar-refractivity contribution in [3.8, 4) is 11.1 Å². The van der Waals surface area contributed by atoms with Crippen molar-refractivity contribution in [2.45, 2.75) is 34.2 Å². The predicted octanol–water partition coefficient (Wildman–Crippen LogP) is 4.96. The second-order valence-corrected chi connectivity index (χ2v) is 7.28. The second kappa shape index (κ2) is 8.13. The minimum Gasteiger partial charge on any atom is -0.378 e. The summed E-state index contributed by atoms with van der Waals surface area (Å²) in [5.41, 5.74) is 9.73. The maximum absolute atomic E-state index is 11.4. The van der Waals surface area contributed by atoms with Crippen LogP contribution >= 0.6 is 12.4 Å². The van der Waals surface area contributed by atoms with Crippen LogP contribution in [-0.4, -0.2) is 14.4 Å². The van der Waals surface area contributed by atoms with E-state index in [9.17, 15) is 4.79 Å². The van der Waals surface area contributed by atoms with E-state index in [0.29, 0.717) is 0 Å². The number of rotatable bonds is 4. The zero-order valence-corrected chi connectivity index (χ0v) is 17.9. The number of nitrogens with zero attached hydrogens (tertiary/aromatic N) is 2. The van der Waals surface area contributed by atoms with Crippen molar-refractivity contribution in [3.63, 3.8) is 0 Å². The molecule has 0 amide bonds. The van der Waals surface area contributed by atoms with Crippen molar-refractivity contribution in [1.82, 2.24) is 14.4 Å². The summed E-state index contributed by atoms with van der Waals surface area (Å²) in [5.74, 6) is 0. The molecule has 1 aromatic carbocycles. The zero-order valence-electron chi connectivity index (χ0n) is 17.0. The Hall–Kier alpha value is -3.05. The van der Waals surface area contributed by atoms with E-state index in [4.69, 9.17) is 4.98 Å². The number of aryl methyl sites for hydroxylation is 4. The van der Waals surface area contributed by atoms with Gasteiger partial charge in [0.1, 0.15) is 0 Å². The van der Waals surface area contributed by atoms with Crippen molar-refractivity contribution in [1.29, 1.82) is 0 Å². The minimum atomic E-state index is -0.104. The Kier molecular flexibility index (Phi) is 5.80. The summed E-state index contributed by atoms with van der Waals surface area (Å²) in [7, 11) is 0. The molecule has 4 rings (SSSR count). The van der Waals surface area contributed by atoms with Crippen LogP contribution in [0.15, 0.2) is 53.6 Å². The molecule has 3 heterocycles. The van der Waals surface area contributed by atoms with Gasteiger partial charge in [0.2, 0.25) is 5.56 Å². The molecular formula is C23H25ClN4O. The van der Waals surface area contributed by atoms with Crippen LogP contribution in [0.5, 0.6) is 0 Å². The molecule has 0 fully saturated rings. The highest BCUT2D eigenvalue weighted by atomic mass is 35.5. The molecule has 0 aliphatic rings. The molecule has 5 nitrogen and oxygen atoms in total. The Bertz CT molecular complexity index is 1200.